The highest BCUT2D eigenvalue weighted by Gasteiger charge is 2.28. The van der Waals surface area contributed by atoms with Crippen LogP contribution in [-0.2, 0) is 14.6 Å². The normalized spacial score (nSPS) is 13.8. The first kappa shape index (κ1) is 19.7. The minimum Gasteiger partial charge on any atom is -0.480 e. The maximum atomic E-state index is 11.8. The largest absolute Gasteiger partial charge is 0.480 e. The van der Waals surface area contributed by atoms with Gasteiger partial charge >= 0.3 is 12.0 Å². The molecule has 0 aliphatic carbocycles. The topological polar surface area (TPSA) is 113 Å². The summed E-state index contributed by atoms with van der Waals surface area (Å²) >= 11 is 0. The first-order valence-corrected chi connectivity index (χ1v) is 8.51. The summed E-state index contributed by atoms with van der Waals surface area (Å²) in [4.78, 5) is 22.6. The van der Waals surface area contributed by atoms with E-state index in [2.05, 4.69) is 10.6 Å². The number of sulfone groups is 1. The van der Waals surface area contributed by atoms with Crippen LogP contribution in [0.3, 0.4) is 0 Å². The van der Waals surface area contributed by atoms with Crippen molar-refractivity contribution in [2.75, 3.05) is 12.3 Å². The lowest BCUT2D eigenvalue weighted by atomic mass is 10.0. The molecule has 7 nitrogen and oxygen atoms in total. The predicted octanol–water partition coefficient (Wildman–Crippen LogP) is 0.998. The van der Waals surface area contributed by atoms with Crippen LogP contribution >= 0.6 is 0 Å². The minimum absolute atomic E-state index is 0.0561. The molecule has 0 aliphatic heterocycles. The van der Waals surface area contributed by atoms with Gasteiger partial charge < -0.3 is 15.7 Å². The third-order valence-electron chi connectivity index (χ3n) is 2.90. The summed E-state index contributed by atoms with van der Waals surface area (Å²) in [5.74, 6) is -1.18. The SMILES string of the molecule is CC(C)CC(NC(=O)NCCS(=O)(=O)C(C)(C)C)C(=O)O. The lowest BCUT2D eigenvalue weighted by molar-refractivity contribution is -0.139. The van der Waals surface area contributed by atoms with Crippen LogP contribution in [0.5, 0.6) is 0 Å². The summed E-state index contributed by atoms with van der Waals surface area (Å²) in [6.07, 6.45) is 0.309. The lowest BCUT2D eigenvalue weighted by Crippen LogP contribution is -2.48. The molecule has 0 heterocycles. The molecule has 0 aliphatic rings. The number of aliphatic carboxylic acids is 1. The van der Waals surface area contributed by atoms with Gasteiger partial charge in [0.1, 0.15) is 6.04 Å². The number of carbonyl (C=O) groups excluding carboxylic acids is 1. The van der Waals surface area contributed by atoms with Gasteiger partial charge in [0.25, 0.3) is 0 Å². The summed E-state index contributed by atoms with van der Waals surface area (Å²) in [5.41, 5.74) is 0. The lowest BCUT2D eigenvalue weighted by Gasteiger charge is -2.20. The molecule has 0 aromatic rings. The number of carbonyl (C=O) groups is 2. The average Bonchev–Trinajstić information content (AvgIpc) is 2.25. The van der Waals surface area contributed by atoms with Crippen LogP contribution in [0.2, 0.25) is 0 Å². The molecule has 3 N–H and O–H groups in total. The van der Waals surface area contributed by atoms with Crippen molar-refractivity contribution in [3.63, 3.8) is 0 Å². The second-order valence-corrected chi connectivity index (χ2v) is 9.21. The Kier molecular flexibility index (Phi) is 7.15. The van der Waals surface area contributed by atoms with Gasteiger partial charge in [0.2, 0.25) is 0 Å². The third kappa shape index (κ3) is 7.31. The number of carboxylic acids is 1. The Balaban J connectivity index is 4.36. The molecule has 124 valence electrons. The van der Waals surface area contributed by atoms with Gasteiger partial charge in [0, 0.05) is 6.54 Å². The molecular weight excluding hydrogens is 296 g/mol. The molecule has 0 aromatic carbocycles. The fraction of sp³-hybridized carbons (Fsp3) is 0.846. The van der Waals surface area contributed by atoms with E-state index in [0.717, 1.165) is 0 Å². The van der Waals surface area contributed by atoms with E-state index >= 15 is 0 Å². The summed E-state index contributed by atoms with van der Waals surface area (Å²) in [6, 6.07) is -1.66. The molecule has 0 fully saturated rings. The van der Waals surface area contributed by atoms with Gasteiger partial charge in [-0.15, -0.1) is 0 Å². The average molecular weight is 322 g/mol. The van der Waals surface area contributed by atoms with E-state index < -0.39 is 32.6 Å². The summed E-state index contributed by atoms with van der Waals surface area (Å²) < 4.78 is 22.8. The monoisotopic (exact) mass is 322 g/mol. The quantitative estimate of drug-likeness (QED) is 0.647. The van der Waals surface area contributed by atoms with Gasteiger partial charge in [0.15, 0.2) is 9.84 Å². The summed E-state index contributed by atoms with van der Waals surface area (Å²) in [7, 11) is -3.32. The van der Waals surface area contributed by atoms with Gasteiger partial charge in [-0.1, -0.05) is 13.8 Å². The van der Waals surface area contributed by atoms with Crippen molar-refractivity contribution in [1.29, 1.82) is 0 Å². The number of nitrogens with one attached hydrogen (secondary N) is 2. The van der Waals surface area contributed by atoms with Crippen molar-refractivity contribution < 1.29 is 23.1 Å². The fourth-order valence-electron chi connectivity index (χ4n) is 1.51. The fourth-order valence-corrected chi connectivity index (χ4v) is 2.49. The Morgan fingerprint density at radius 1 is 1.19 bits per heavy atom. The zero-order chi connectivity index (χ0) is 16.8. The standard InChI is InChI=1S/C13H26N2O5S/c1-9(2)8-10(11(16)17)15-12(18)14-6-7-21(19,20)13(3,4)5/h9-10H,6-8H2,1-5H3,(H,16,17)(H2,14,15,18). The predicted molar refractivity (Wildman–Crippen MR) is 81.0 cm³/mol. The number of amides is 2. The molecule has 0 bridgehead atoms. The van der Waals surface area contributed by atoms with Crippen molar-refractivity contribution in [3.8, 4) is 0 Å². The first-order valence-electron chi connectivity index (χ1n) is 6.86. The zero-order valence-corrected chi connectivity index (χ0v) is 14.1. The molecule has 0 aromatic heterocycles. The highest BCUT2D eigenvalue weighted by atomic mass is 32.2. The van der Waals surface area contributed by atoms with E-state index in [1.54, 1.807) is 20.8 Å². The molecule has 0 radical (unpaired) electrons. The Labute approximate surface area is 126 Å². The zero-order valence-electron chi connectivity index (χ0n) is 13.3. The summed E-state index contributed by atoms with van der Waals surface area (Å²) in [5, 5.41) is 13.7. The minimum atomic E-state index is -3.32. The van der Waals surface area contributed by atoms with Gasteiger partial charge in [-0.2, -0.15) is 0 Å². The number of rotatable bonds is 7. The number of hydrogen-bond donors (Lipinski definition) is 3. The van der Waals surface area contributed by atoms with Crippen LogP contribution in [-0.4, -0.2) is 48.6 Å². The summed E-state index contributed by atoms with van der Waals surface area (Å²) in [6.45, 7) is 8.42. The molecule has 0 saturated carbocycles. The molecule has 8 heteroatoms. The van der Waals surface area contributed by atoms with E-state index in [-0.39, 0.29) is 18.2 Å². The Hall–Kier alpha value is -1.31. The van der Waals surface area contributed by atoms with E-state index in [4.69, 9.17) is 5.11 Å². The van der Waals surface area contributed by atoms with Crippen molar-refractivity contribution in [2.24, 2.45) is 5.92 Å². The maximum Gasteiger partial charge on any atom is 0.326 e. The smallest absolute Gasteiger partial charge is 0.326 e. The van der Waals surface area contributed by atoms with Crippen molar-refractivity contribution in [3.05, 3.63) is 0 Å². The van der Waals surface area contributed by atoms with Crippen LogP contribution in [0.4, 0.5) is 4.79 Å². The van der Waals surface area contributed by atoms with Gasteiger partial charge in [-0.05, 0) is 33.1 Å². The molecule has 1 atom stereocenters. The highest BCUT2D eigenvalue weighted by Crippen LogP contribution is 2.15. The number of urea groups is 1. The van der Waals surface area contributed by atoms with E-state index in [9.17, 15) is 18.0 Å². The van der Waals surface area contributed by atoms with E-state index in [1.165, 1.54) is 0 Å². The Bertz CT molecular complexity index is 465. The van der Waals surface area contributed by atoms with Crippen LogP contribution in [0, 0.1) is 5.92 Å². The van der Waals surface area contributed by atoms with Crippen molar-refractivity contribution in [1.82, 2.24) is 10.6 Å². The second kappa shape index (κ2) is 7.63. The molecular formula is C13H26N2O5S. The first-order chi connectivity index (χ1) is 9.36. The second-order valence-electron chi connectivity index (χ2n) is 6.35. The van der Waals surface area contributed by atoms with Gasteiger partial charge in [0.05, 0.1) is 10.5 Å². The maximum absolute atomic E-state index is 11.8. The van der Waals surface area contributed by atoms with Crippen molar-refractivity contribution in [2.45, 2.75) is 51.8 Å². The molecule has 0 saturated heterocycles. The van der Waals surface area contributed by atoms with Crippen LogP contribution in [0.1, 0.15) is 41.0 Å². The number of hydrogen-bond acceptors (Lipinski definition) is 4. The van der Waals surface area contributed by atoms with Crippen LogP contribution in [0.15, 0.2) is 0 Å². The van der Waals surface area contributed by atoms with Crippen molar-refractivity contribution >= 4 is 21.8 Å². The van der Waals surface area contributed by atoms with Crippen LogP contribution < -0.4 is 10.6 Å². The highest BCUT2D eigenvalue weighted by molar-refractivity contribution is 7.92. The van der Waals surface area contributed by atoms with Gasteiger partial charge in [-0.25, -0.2) is 18.0 Å². The van der Waals surface area contributed by atoms with Gasteiger partial charge in [-0.3, -0.25) is 0 Å². The van der Waals surface area contributed by atoms with E-state index in [1.807, 2.05) is 13.8 Å². The molecule has 21 heavy (non-hydrogen) atoms. The van der Waals surface area contributed by atoms with Crippen LogP contribution in [0.25, 0.3) is 0 Å². The Morgan fingerprint density at radius 3 is 2.10 bits per heavy atom. The molecule has 1 unspecified atom stereocenters. The third-order valence-corrected chi connectivity index (χ3v) is 5.51. The Morgan fingerprint density at radius 2 is 1.71 bits per heavy atom. The molecule has 0 rings (SSSR count). The number of carboxylic acid groups (broad SMARTS) is 1. The molecule has 0 spiro atoms. The molecule has 2 amide bonds. The van der Waals surface area contributed by atoms with E-state index in [0.29, 0.717) is 6.42 Å².